The summed E-state index contributed by atoms with van der Waals surface area (Å²) in [5.74, 6) is -0.307. The fourth-order valence-corrected chi connectivity index (χ4v) is 1.84. The average Bonchev–Trinajstić information content (AvgIpc) is 2.33. The van der Waals surface area contributed by atoms with Crippen LogP contribution in [0.2, 0.25) is 0 Å². The predicted molar refractivity (Wildman–Crippen MR) is 72.1 cm³/mol. The molecule has 100 valence electrons. The van der Waals surface area contributed by atoms with Crippen molar-refractivity contribution in [1.29, 1.82) is 0 Å². The van der Waals surface area contributed by atoms with Gasteiger partial charge in [0.05, 0.1) is 12.6 Å². The van der Waals surface area contributed by atoms with Crippen molar-refractivity contribution in [2.24, 2.45) is 5.73 Å². The molecule has 0 radical (unpaired) electrons. The third-order valence-corrected chi connectivity index (χ3v) is 3.01. The highest BCUT2D eigenvalue weighted by atomic mass is 16.5. The SMILES string of the molecule is COCCN(Cc1cccc(C)c1)[C@H](C)C(N)=O. The lowest BCUT2D eigenvalue weighted by molar-refractivity contribution is -0.123. The zero-order valence-corrected chi connectivity index (χ0v) is 11.3. The Morgan fingerprint density at radius 3 is 2.78 bits per heavy atom. The van der Waals surface area contributed by atoms with E-state index in [2.05, 4.69) is 25.1 Å². The number of hydrogen-bond donors (Lipinski definition) is 1. The van der Waals surface area contributed by atoms with E-state index in [9.17, 15) is 4.79 Å². The Kier molecular flexibility index (Phi) is 5.82. The first kappa shape index (κ1) is 14.7. The Bertz CT molecular complexity index is 393. The van der Waals surface area contributed by atoms with Gasteiger partial charge >= 0.3 is 0 Å². The number of rotatable bonds is 7. The number of nitrogens with two attached hydrogens (primary N) is 1. The second-order valence-corrected chi connectivity index (χ2v) is 4.53. The van der Waals surface area contributed by atoms with Gasteiger partial charge in [-0.3, -0.25) is 9.69 Å². The fraction of sp³-hybridized carbons (Fsp3) is 0.500. The van der Waals surface area contributed by atoms with Gasteiger partial charge in [0, 0.05) is 20.2 Å². The van der Waals surface area contributed by atoms with Gasteiger partial charge in [-0.15, -0.1) is 0 Å². The number of carbonyl (C=O) groups is 1. The summed E-state index contributed by atoms with van der Waals surface area (Å²) < 4.78 is 5.07. The van der Waals surface area contributed by atoms with Gasteiger partial charge in [0.1, 0.15) is 0 Å². The number of primary amides is 1. The highest BCUT2D eigenvalue weighted by Crippen LogP contribution is 2.10. The van der Waals surface area contributed by atoms with Crippen molar-refractivity contribution >= 4 is 5.91 Å². The first-order valence-electron chi connectivity index (χ1n) is 6.12. The van der Waals surface area contributed by atoms with Gasteiger partial charge in [0.25, 0.3) is 0 Å². The maximum Gasteiger partial charge on any atom is 0.234 e. The topological polar surface area (TPSA) is 55.6 Å². The van der Waals surface area contributed by atoms with E-state index in [0.29, 0.717) is 19.7 Å². The molecule has 0 aliphatic rings. The first-order chi connectivity index (χ1) is 8.54. The molecule has 2 N–H and O–H groups in total. The molecule has 0 spiro atoms. The van der Waals surface area contributed by atoms with Gasteiger partial charge in [-0.25, -0.2) is 0 Å². The monoisotopic (exact) mass is 250 g/mol. The summed E-state index contributed by atoms with van der Waals surface area (Å²) in [4.78, 5) is 13.3. The van der Waals surface area contributed by atoms with Crippen LogP contribution in [0.4, 0.5) is 0 Å². The Hall–Kier alpha value is -1.39. The van der Waals surface area contributed by atoms with Crippen LogP contribution in [0.1, 0.15) is 18.1 Å². The number of amides is 1. The number of benzene rings is 1. The standard InChI is InChI=1S/C14H22N2O2/c1-11-5-4-6-13(9-11)10-16(7-8-18-3)12(2)14(15)17/h4-6,9,12H,7-8,10H2,1-3H3,(H2,15,17)/t12-/m1/s1. The maximum absolute atomic E-state index is 11.3. The molecule has 0 saturated carbocycles. The van der Waals surface area contributed by atoms with Crippen molar-refractivity contribution < 1.29 is 9.53 Å². The summed E-state index contributed by atoms with van der Waals surface area (Å²) in [6.07, 6.45) is 0. The van der Waals surface area contributed by atoms with Crippen molar-refractivity contribution in [1.82, 2.24) is 4.90 Å². The van der Waals surface area contributed by atoms with E-state index in [1.807, 2.05) is 17.9 Å². The molecule has 4 heteroatoms. The molecule has 0 saturated heterocycles. The van der Waals surface area contributed by atoms with Gasteiger partial charge in [-0.2, -0.15) is 0 Å². The van der Waals surface area contributed by atoms with Crippen LogP contribution in [0.5, 0.6) is 0 Å². The van der Waals surface area contributed by atoms with E-state index in [4.69, 9.17) is 10.5 Å². The van der Waals surface area contributed by atoms with Crippen LogP contribution in [-0.2, 0) is 16.1 Å². The van der Waals surface area contributed by atoms with Crippen LogP contribution in [0.3, 0.4) is 0 Å². The minimum atomic E-state index is -0.307. The molecule has 18 heavy (non-hydrogen) atoms. The third kappa shape index (κ3) is 4.47. The molecule has 1 rings (SSSR count). The fourth-order valence-electron chi connectivity index (χ4n) is 1.84. The molecule has 1 aromatic rings. The minimum absolute atomic E-state index is 0.291. The zero-order chi connectivity index (χ0) is 13.5. The summed E-state index contributed by atoms with van der Waals surface area (Å²) in [6, 6.07) is 7.96. The van der Waals surface area contributed by atoms with Crippen molar-refractivity contribution in [3.8, 4) is 0 Å². The van der Waals surface area contributed by atoms with Crippen molar-refractivity contribution in [2.45, 2.75) is 26.4 Å². The molecule has 0 unspecified atom stereocenters. The van der Waals surface area contributed by atoms with Gasteiger partial charge in [-0.1, -0.05) is 29.8 Å². The Morgan fingerprint density at radius 2 is 2.22 bits per heavy atom. The second kappa shape index (κ2) is 7.13. The van der Waals surface area contributed by atoms with Crippen molar-refractivity contribution in [3.63, 3.8) is 0 Å². The predicted octanol–water partition coefficient (Wildman–Crippen LogP) is 1.32. The van der Waals surface area contributed by atoms with Crippen LogP contribution in [-0.4, -0.2) is 37.1 Å². The number of methoxy groups -OCH3 is 1. The summed E-state index contributed by atoms with van der Waals surface area (Å²) in [7, 11) is 1.65. The lowest BCUT2D eigenvalue weighted by Gasteiger charge is -2.26. The molecule has 0 aliphatic heterocycles. The molecule has 1 amide bonds. The smallest absolute Gasteiger partial charge is 0.234 e. The number of carbonyl (C=O) groups excluding carboxylic acids is 1. The molecule has 0 bridgehead atoms. The van der Waals surface area contributed by atoms with Gasteiger partial charge in [0.2, 0.25) is 5.91 Å². The molecule has 1 atom stereocenters. The molecule has 4 nitrogen and oxygen atoms in total. The molecular weight excluding hydrogens is 228 g/mol. The minimum Gasteiger partial charge on any atom is -0.383 e. The Balaban J connectivity index is 2.74. The van der Waals surface area contributed by atoms with Crippen LogP contribution in [0, 0.1) is 6.92 Å². The number of hydrogen-bond acceptors (Lipinski definition) is 3. The number of nitrogens with zero attached hydrogens (tertiary/aromatic N) is 1. The summed E-state index contributed by atoms with van der Waals surface area (Å²) >= 11 is 0. The Labute approximate surface area is 109 Å². The van der Waals surface area contributed by atoms with Gasteiger partial charge in [0.15, 0.2) is 0 Å². The third-order valence-electron chi connectivity index (χ3n) is 3.01. The quantitative estimate of drug-likeness (QED) is 0.794. The van der Waals surface area contributed by atoms with Crippen LogP contribution in [0.25, 0.3) is 0 Å². The van der Waals surface area contributed by atoms with E-state index in [0.717, 1.165) is 0 Å². The van der Waals surface area contributed by atoms with E-state index in [1.165, 1.54) is 11.1 Å². The van der Waals surface area contributed by atoms with Gasteiger partial charge < -0.3 is 10.5 Å². The maximum atomic E-state index is 11.3. The van der Waals surface area contributed by atoms with Crippen LogP contribution < -0.4 is 5.73 Å². The van der Waals surface area contributed by atoms with Crippen molar-refractivity contribution in [2.75, 3.05) is 20.3 Å². The second-order valence-electron chi connectivity index (χ2n) is 4.53. The largest absolute Gasteiger partial charge is 0.383 e. The highest BCUT2D eigenvalue weighted by molar-refractivity contribution is 5.79. The highest BCUT2D eigenvalue weighted by Gasteiger charge is 2.18. The van der Waals surface area contributed by atoms with Crippen LogP contribution in [0.15, 0.2) is 24.3 Å². The Morgan fingerprint density at radius 1 is 1.50 bits per heavy atom. The van der Waals surface area contributed by atoms with E-state index in [1.54, 1.807) is 7.11 Å². The molecular formula is C14H22N2O2. The van der Waals surface area contributed by atoms with Crippen LogP contribution >= 0.6 is 0 Å². The van der Waals surface area contributed by atoms with E-state index < -0.39 is 0 Å². The molecule has 0 aliphatic carbocycles. The zero-order valence-electron chi connectivity index (χ0n) is 11.3. The lowest BCUT2D eigenvalue weighted by atomic mass is 10.1. The normalized spacial score (nSPS) is 12.7. The van der Waals surface area contributed by atoms with Gasteiger partial charge in [-0.05, 0) is 19.4 Å². The lowest BCUT2D eigenvalue weighted by Crippen LogP contribution is -2.43. The molecule has 0 heterocycles. The molecule has 0 aromatic heterocycles. The number of ether oxygens (including phenoxy) is 1. The summed E-state index contributed by atoms with van der Waals surface area (Å²) in [6.45, 7) is 5.86. The first-order valence-corrected chi connectivity index (χ1v) is 6.12. The summed E-state index contributed by atoms with van der Waals surface area (Å²) in [5, 5.41) is 0. The average molecular weight is 250 g/mol. The van der Waals surface area contributed by atoms with Crippen molar-refractivity contribution in [3.05, 3.63) is 35.4 Å². The molecule has 1 aromatic carbocycles. The number of aryl methyl sites for hydroxylation is 1. The van der Waals surface area contributed by atoms with E-state index in [-0.39, 0.29) is 11.9 Å². The van der Waals surface area contributed by atoms with E-state index >= 15 is 0 Å². The molecule has 0 fully saturated rings. The summed E-state index contributed by atoms with van der Waals surface area (Å²) in [5.41, 5.74) is 7.76.